The number of nitro groups is 1. The third-order valence-electron chi connectivity index (χ3n) is 5.94. The number of carboxylic acid groups (broad SMARTS) is 1. The average molecular weight is 415 g/mol. The molecule has 2 aromatic rings. The summed E-state index contributed by atoms with van der Waals surface area (Å²) in [6.45, 7) is 5.77. The third kappa shape index (κ3) is 4.45. The summed E-state index contributed by atoms with van der Waals surface area (Å²) in [5.74, 6) is -1.16. The molecule has 0 saturated heterocycles. The number of hydrogen-bond donors (Lipinski definition) is 1. The number of non-ortho nitro benzene ring substituents is 1. The number of ketones is 1. The summed E-state index contributed by atoms with van der Waals surface area (Å²) >= 11 is 0. The molecule has 0 saturated carbocycles. The van der Waals surface area contributed by atoms with Crippen LogP contribution in [0.15, 0.2) is 30.3 Å². The van der Waals surface area contributed by atoms with Crippen LogP contribution in [0.4, 0.5) is 5.69 Å². The van der Waals surface area contributed by atoms with Crippen molar-refractivity contribution < 1.29 is 19.6 Å². The molecule has 1 aromatic carbocycles. The maximum absolute atomic E-state index is 13.1. The van der Waals surface area contributed by atoms with Gasteiger partial charge in [0, 0.05) is 30.4 Å². The maximum Gasteiger partial charge on any atom is 0.315 e. The van der Waals surface area contributed by atoms with E-state index in [2.05, 4.69) is 6.92 Å². The number of rotatable bonds is 11. The second kappa shape index (κ2) is 9.69. The number of carbonyl (C=O) groups is 2. The highest BCUT2D eigenvalue weighted by molar-refractivity contribution is 6.09. The number of aliphatic carboxylic acids is 1. The number of carbonyl (C=O) groups excluding carboxylic acids is 1. The Bertz CT molecular complexity index is 930. The number of aromatic nitrogens is 1. The van der Waals surface area contributed by atoms with E-state index in [1.165, 1.54) is 24.3 Å². The Morgan fingerprint density at radius 2 is 1.77 bits per heavy atom. The lowest BCUT2D eigenvalue weighted by molar-refractivity contribution is -0.384. The maximum atomic E-state index is 13.1. The smallest absolute Gasteiger partial charge is 0.315 e. The Hall–Kier alpha value is -2.96. The van der Waals surface area contributed by atoms with Crippen LogP contribution >= 0.6 is 0 Å². The second-order valence-electron chi connectivity index (χ2n) is 7.80. The van der Waals surface area contributed by atoms with Crippen molar-refractivity contribution in [1.29, 1.82) is 0 Å². The van der Waals surface area contributed by atoms with Crippen LogP contribution in [-0.2, 0) is 17.3 Å². The molecule has 0 aliphatic heterocycles. The molecule has 0 aliphatic rings. The number of unbranched alkanes of at least 4 members (excludes halogenated alkanes) is 3. The summed E-state index contributed by atoms with van der Waals surface area (Å²) in [6, 6.07) is 7.26. The first-order valence-electron chi connectivity index (χ1n) is 10.4. The van der Waals surface area contributed by atoms with Gasteiger partial charge in [0.05, 0.1) is 10.6 Å². The monoisotopic (exact) mass is 414 g/mol. The van der Waals surface area contributed by atoms with Crippen molar-refractivity contribution >= 4 is 17.4 Å². The van der Waals surface area contributed by atoms with Gasteiger partial charge in [0.15, 0.2) is 0 Å². The highest BCUT2D eigenvalue weighted by Gasteiger charge is 2.41. The van der Waals surface area contributed by atoms with E-state index in [0.717, 1.165) is 25.7 Å². The molecule has 0 bridgehead atoms. The number of nitro benzene ring substituents is 1. The minimum Gasteiger partial charge on any atom is -0.481 e. The first-order chi connectivity index (χ1) is 14.2. The van der Waals surface area contributed by atoms with Gasteiger partial charge in [0.1, 0.15) is 5.41 Å². The molecule has 7 nitrogen and oxygen atoms in total. The van der Waals surface area contributed by atoms with Gasteiger partial charge in [-0.2, -0.15) is 0 Å². The molecule has 0 radical (unpaired) electrons. The fourth-order valence-corrected chi connectivity index (χ4v) is 4.12. The fourth-order valence-electron chi connectivity index (χ4n) is 4.12. The molecule has 2 rings (SSSR count). The van der Waals surface area contributed by atoms with Gasteiger partial charge in [-0.25, -0.2) is 0 Å². The largest absolute Gasteiger partial charge is 0.481 e. The second-order valence-corrected chi connectivity index (χ2v) is 7.80. The fraction of sp³-hybridized carbons (Fsp3) is 0.478. The Balaban J connectivity index is 2.45. The molecule has 0 fully saturated rings. The van der Waals surface area contributed by atoms with Crippen molar-refractivity contribution in [2.24, 2.45) is 7.05 Å². The standard InChI is InChI=1S/C23H30N2O5/c1-5-7-8-9-14-23(6-2,22(27)28)19-15-16(3)20(24(19)4)21(26)17-10-12-18(13-11-17)25(29)30/h10-13,15H,5-9,14H2,1-4H3,(H,27,28). The molecule has 0 aliphatic carbocycles. The Morgan fingerprint density at radius 1 is 1.13 bits per heavy atom. The zero-order valence-electron chi connectivity index (χ0n) is 18.1. The van der Waals surface area contributed by atoms with Gasteiger partial charge in [0.2, 0.25) is 5.78 Å². The van der Waals surface area contributed by atoms with E-state index in [-0.39, 0.29) is 11.5 Å². The number of aryl methyl sites for hydroxylation is 1. The molecule has 1 unspecified atom stereocenters. The normalized spacial score (nSPS) is 13.1. The minimum atomic E-state index is -1.05. The molecule has 1 aromatic heterocycles. The van der Waals surface area contributed by atoms with Crippen molar-refractivity contribution in [2.45, 2.75) is 64.7 Å². The predicted octanol–water partition coefficient (Wildman–Crippen LogP) is 5.18. The molecular formula is C23H30N2O5. The van der Waals surface area contributed by atoms with Crippen molar-refractivity contribution in [2.75, 3.05) is 0 Å². The first-order valence-corrected chi connectivity index (χ1v) is 10.4. The lowest BCUT2D eigenvalue weighted by Gasteiger charge is -2.29. The summed E-state index contributed by atoms with van der Waals surface area (Å²) in [6.07, 6.45) is 4.87. The van der Waals surface area contributed by atoms with E-state index < -0.39 is 16.3 Å². The molecule has 1 atom stereocenters. The number of nitrogens with zero attached hydrogens (tertiary/aromatic N) is 2. The van der Waals surface area contributed by atoms with E-state index in [9.17, 15) is 24.8 Å². The van der Waals surface area contributed by atoms with Crippen LogP contribution in [-0.4, -0.2) is 26.3 Å². The Labute approximate surface area is 176 Å². The lowest BCUT2D eigenvalue weighted by Crippen LogP contribution is -2.37. The zero-order chi connectivity index (χ0) is 22.5. The highest BCUT2D eigenvalue weighted by Crippen LogP contribution is 2.37. The topological polar surface area (TPSA) is 102 Å². The summed E-state index contributed by atoms with van der Waals surface area (Å²) < 4.78 is 1.69. The van der Waals surface area contributed by atoms with Crippen LogP contribution in [0, 0.1) is 17.0 Å². The molecule has 30 heavy (non-hydrogen) atoms. The molecule has 162 valence electrons. The van der Waals surface area contributed by atoms with Crippen LogP contribution in [0.25, 0.3) is 0 Å². The van der Waals surface area contributed by atoms with Gasteiger partial charge in [-0.1, -0.05) is 39.5 Å². The van der Waals surface area contributed by atoms with E-state index in [1.54, 1.807) is 24.6 Å². The Kier molecular flexibility index (Phi) is 7.54. The van der Waals surface area contributed by atoms with Crippen molar-refractivity contribution in [3.05, 3.63) is 63.0 Å². The van der Waals surface area contributed by atoms with Crippen LogP contribution in [0.5, 0.6) is 0 Å². The highest BCUT2D eigenvalue weighted by atomic mass is 16.6. The number of carboxylic acids is 1. The molecule has 0 amide bonds. The van der Waals surface area contributed by atoms with Gasteiger partial charge in [-0.05, 0) is 43.5 Å². The van der Waals surface area contributed by atoms with E-state index >= 15 is 0 Å². The third-order valence-corrected chi connectivity index (χ3v) is 5.94. The van der Waals surface area contributed by atoms with E-state index in [0.29, 0.717) is 35.4 Å². The summed E-state index contributed by atoms with van der Waals surface area (Å²) in [4.78, 5) is 35.8. The molecule has 1 heterocycles. The van der Waals surface area contributed by atoms with Crippen LogP contribution in [0.1, 0.15) is 79.7 Å². The van der Waals surface area contributed by atoms with E-state index in [4.69, 9.17) is 0 Å². The summed E-state index contributed by atoms with van der Waals surface area (Å²) in [5.41, 5.74) is 0.920. The average Bonchev–Trinajstić information content (AvgIpc) is 3.02. The summed E-state index contributed by atoms with van der Waals surface area (Å²) in [7, 11) is 1.72. The van der Waals surface area contributed by atoms with Crippen LogP contribution in [0.2, 0.25) is 0 Å². The van der Waals surface area contributed by atoms with Gasteiger partial charge in [0.25, 0.3) is 5.69 Å². The predicted molar refractivity (Wildman–Crippen MR) is 115 cm³/mol. The zero-order valence-corrected chi connectivity index (χ0v) is 18.1. The van der Waals surface area contributed by atoms with Gasteiger partial charge in [-0.15, -0.1) is 0 Å². The van der Waals surface area contributed by atoms with Crippen LogP contribution < -0.4 is 0 Å². The van der Waals surface area contributed by atoms with Gasteiger partial charge in [-0.3, -0.25) is 19.7 Å². The molecular weight excluding hydrogens is 384 g/mol. The minimum absolute atomic E-state index is 0.0844. The van der Waals surface area contributed by atoms with Crippen molar-refractivity contribution in [1.82, 2.24) is 4.57 Å². The molecule has 0 spiro atoms. The van der Waals surface area contributed by atoms with Gasteiger partial charge >= 0.3 is 5.97 Å². The van der Waals surface area contributed by atoms with Gasteiger partial charge < -0.3 is 9.67 Å². The molecule has 7 heteroatoms. The number of benzene rings is 1. The first kappa shape index (κ1) is 23.3. The molecule has 1 N–H and O–H groups in total. The Morgan fingerprint density at radius 3 is 2.27 bits per heavy atom. The van der Waals surface area contributed by atoms with Crippen LogP contribution in [0.3, 0.4) is 0 Å². The summed E-state index contributed by atoms with van der Waals surface area (Å²) in [5, 5.41) is 21.0. The quantitative estimate of drug-likeness (QED) is 0.236. The lowest BCUT2D eigenvalue weighted by atomic mass is 9.77. The van der Waals surface area contributed by atoms with E-state index in [1.807, 2.05) is 6.92 Å². The number of hydrogen-bond acceptors (Lipinski definition) is 4. The van der Waals surface area contributed by atoms with Crippen molar-refractivity contribution in [3.63, 3.8) is 0 Å². The SMILES string of the molecule is CCCCCCC(CC)(C(=O)O)c1cc(C)c(C(=O)c2ccc([N+](=O)[O-])cc2)n1C. The van der Waals surface area contributed by atoms with Crippen molar-refractivity contribution in [3.8, 4) is 0 Å².